The number of benzene rings is 1. The van der Waals surface area contributed by atoms with Crippen molar-refractivity contribution in [1.29, 1.82) is 0 Å². The first-order chi connectivity index (χ1) is 17.3. The number of carbonyl (C=O) groups excluding carboxylic acids is 1. The number of ether oxygens (including phenoxy) is 1. The average Bonchev–Trinajstić information content (AvgIpc) is 3.32. The lowest BCUT2D eigenvalue weighted by Crippen LogP contribution is -2.49. The van der Waals surface area contributed by atoms with Crippen LogP contribution in [0.3, 0.4) is 0 Å². The summed E-state index contributed by atoms with van der Waals surface area (Å²) in [4.78, 5) is 24.0. The summed E-state index contributed by atoms with van der Waals surface area (Å²) >= 11 is 0. The second-order valence-corrected chi connectivity index (χ2v) is 8.34. The molecule has 186 valence electrons. The molecule has 9 nitrogen and oxygen atoms in total. The number of alkyl halides is 3. The van der Waals surface area contributed by atoms with Gasteiger partial charge in [0.1, 0.15) is 11.4 Å². The monoisotopic (exact) mass is 497 g/mol. The number of anilines is 1. The number of hydrogen-bond donors (Lipinski definition) is 2. The van der Waals surface area contributed by atoms with Crippen LogP contribution in [-0.2, 0) is 12.7 Å². The van der Waals surface area contributed by atoms with E-state index in [0.29, 0.717) is 44.2 Å². The number of aromatic nitrogens is 4. The molecule has 3 aromatic heterocycles. The smallest absolute Gasteiger partial charge is 0.435 e. The molecule has 1 saturated heterocycles. The number of urea groups is 1. The van der Waals surface area contributed by atoms with Crippen molar-refractivity contribution >= 4 is 22.8 Å². The Morgan fingerprint density at radius 1 is 1.06 bits per heavy atom. The number of nitrogens with one attached hydrogen (secondary N) is 2. The topological polar surface area (TPSA) is 99.3 Å². The highest BCUT2D eigenvalue weighted by Gasteiger charge is 2.33. The van der Waals surface area contributed by atoms with Gasteiger partial charge >= 0.3 is 12.2 Å². The first-order valence-electron chi connectivity index (χ1n) is 11.2. The summed E-state index contributed by atoms with van der Waals surface area (Å²) < 4.78 is 43.5. The zero-order valence-corrected chi connectivity index (χ0v) is 19.0. The van der Waals surface area contributed by atoms with Gasteiger partial charge in [-0.15, -0.1) is 10.2 Å². The maximum atomic E-state index is 12.7. The Hall–Kier alpha value is -4.19. The number of pyridine rings is 1. The van der Waals surface area contributed by atoms with Gasteiger partial charge in [-0.2, -0.15) is 13.2 Å². The number of hydrogen-bond acceptors (Lipinski definition) is 6. The normalized spacial score (nSPS) is 14.7. The van der Waals surface area contributed by atoms with E-state index in [9.17, 15) is 18.0 Å². The van der Waals surface area contributed by atoms with Crippen molar-refractivity contribution in [3.63, 3.8) is 0 Å². The third kappa shape index (κ3) is 5.54. The van der Waals surface area contributed by atoms with Crippen molar-refractivity contribution in [2.45, 2.75) is 12.7 Å². The second kappa shape index (κ2) is 9.82. The van der Waals surface area contributed by atoms with E-state index in [0.717, 1.165) is 28.7 Å². The van der Waals surface area contributed by atoms with Crippen LogP contribution in [0.25, 0.3) is 11.0 Å². The molecule has 12 heteroatoms. The van der Waals surface area contributed by atoms with E-state index in [1.165, 1.54) is 0 Å². The fraction of sp³-hybridized carbons (Fsp3) is 0.250. The first-order valence-corrected chi connectivity index (χ1v) is 11.2. The van der Waals surface area contributed by atoms with Gasteiger partial charge in [0.15, 0.2) is 5.69 Å². The van der Waals surface area contributed by atoms with E-state index in [1.54, 1.807) is 29.4 Å². The van der Waals surface area contributed by atoms with Crippen LogP contribution in [0.5, 0.6) is 11.6 Å². The third-order valence-electron chi connectivity index (χ3n) is 5.77. The quantitative estimate of drug-likeness (QED) is 0.421. The van der Waals surface area contributed by atoms with Gasteiger partial charge in [0.25, 0.3) is 0 Å². The van der Waals surface area contributed by atoms with Gasteiger partial charge in [-0.1, -0.05) is 12.1 Å². The predicted molar refractivity (Wildman–Crippen MR) is 126 cm³/mol. The summed E-state index contributed by atoms with van der Waals surface area (Å²) in [6.07, 6.45) is -1.13. The molecule has 0 bridgehead atoms. The molecule has 4 heterocycles. The highest BCUT2D eigenvalue weighted by atomic mass is 19.4. The minimum absolute atomic E-state index is 0.0226. The number of aromatic amines is 1. The molecule has 1 aromatic carbocycles. The highest BCUT2D eigenvalue weighted by Crippen LogP contribution is 2.28. The van der Waals surface area contributed by atoms with Crippen LogP contribution in [0.15, 0.2) is 60.9 Å². The Kier molecular flexibility index (Phi) is 6.42. The number of H-pyrrole nitrogens is 1. The van der Waals surface area contributed by atoms with E-state index in [4.69, 9.17) is 4.74 Å². The van der Waals surface area contributed by atoms with Crippen molar-refractivity contribution < 1.29 is 22.7 Å². The molecular weight excluding hydrogens is 475 g/mol. The van der Waals surface area contributed by atoms with Crippen molar-refractivity contribution in [2.75, 3.05) is 31.5 Å². The van der Waals surface area contributed by atoms with Gasteiger partial charge < -0.3 is 19.9 Å². The fourth-order valence-electron chi connectivity index (χ4n) is 3.93. The van der Waals surface area contributed by atoms with Crippen LogP contribution >= 0.6 is 0 Å². The number of rotatable bonds is 5. The van der Waals surface area contributed by atoms with Crippen LogP contribution in [0.1, 0.15) is 11.3 Å². The Bertz CT molecular complexity index is 1350. The van der Waals surface area contributed by atoms with Gasteiger partial charge in [-0.3, -0.25) is 4.90 Å². The van der Waals surface area contributed by atoms with Crippen LogP contribution in [0, 0.1) is 0 Å². The summed E-state index contributed by atoms with van der Waals surface area (Å²) in [7, 11) is 0. The molecule has 36 heavy (non-hydrogen) atoms. The van der Waals surface area contributed by atoms with Crippen LogP contribution in [-0.4, -0.2) is 62.2 Å². The molecule has 4 aromatic rings. The van der Waals surface area contributed by atoms with E-state index in [2.05, 4.69) is 30.4 Å². The van der Waals surface area contributed by atoms with E-state index < -0.39 is 11.9 Å². The molecular formula is C24H22F3N7O2. The molecule has 1 fully saturated rings. The Labute approximate surface area is 203 Å². The standard InChI is InChI=1S/C24H22F3N7O2/c25-24(26,27)20-4-5-21(32-31-20)36-19-3-1-2-16(12-19)15-33-8-10-34(11-9-33)23(35)30-18-13-17-6-7-28-22(17)29-14-18/h1-7,12-14H,8-11,15H2,(H,28,29)(H,30,35). The zero-order chi connectivity index (χ0) is 25.1. The molecule has 0 saturated carbocycles. The molecule has 0 spiro atoms. The number of piperazine rings is 1. The van der Waals surface area contributed by atoms with Crippen LogP contribution in [0.2, 0.25) is 0 Å². The zero-order valence-electron chi connectivity index (χ0n) is 19.0. The van der Waals surface area contributed by atoms with Crippen molar-refractivity contribution in [3.8, 4) is 11.6 Å². The number of nitrogens with zero attached hydrogens (tertiary/aromatic N) is 5. The molecule has 1 aliphatic rings. The van der Waals surface area contributed by atoms with Crippen molar-refractivity contribution in [1.82, 2.24) is 30.0 Å². The lowest BCUT2D eigenvalue weighted by molar-refractivity contribution is -0.141. The molecule has 0 aliphatic carbocycles. The molecule has 0 atom stereocenters. The number of carbonyl (C=O) groups is 1. The largest absolute Gasteiger partial charge is 0.438 e. The average molecular weight is 497 g/mol. The van der Waals surface area contributed by atoms with Gasteiger partial charge in [-0.25, -0.2) is 9.78 Å². The Balaban J connectivity index is 1.13. The van der Waals surface area contributed by atoms with Gasteiger partial charge in [0, 0.05) is 50.4 Å². The van der Waals surface area contributed by atoms with E-state index >= 15 is 0 Å². The second-order valence-electron chi connectivity index (χ2n) is 8.34. The van der Waals surface area contributed by atoms with Crippen LogP contribution in [0.4, 0.5) is 23.7 Å². The third-order valence-corrected chi connectivity index (χ3v) is 5.77. The number of amides is 2. The minimum Gasteiger partial charge on any atom is -0.438 e. The van der Waals surface area contributed by atoms with Gasteiger partial charge in [-0.05, 0) is 35.9 Å². The lowest BCUT2D eigenvalue weighted by Gasteiger charge is -2.34. The first kappa shape index (κ1) is 23.5. The number of halogens is 3. The lowest BCUT2D eigenvalue weighted by atomic mass is 10.2. The maximum absolute atomic E-state index is 12.7. The minimum atomic E-state index is -4.55. The predicted octanol–water partition coefficient (Wildman–Crippen LogP) is 4.51. The molecule has 5 rings (SSSR count). The fourth-order valence-corrected chi connectivity index (χ4v) is 3.93. The maximum Gasteiger partial charge on any atom is 0.435 e. The molecule has 0 radical (unpaired) electrons. The SMILES string of the molecule is O=C(Nc1cnc2[nH]ccc2c1)N1CCN(Cc2cccc(Oc3ccc(C(F)(F)F)nn3)c2)CC1. The highest BCUT2D eigenvalue weighted by molar-refractivity contribution is 5.91. The van der Waals surface area contributed by atoms with Crippen molar-refractivity contribution in [3.05, 3.63) is 72.2 Å². The summed E-state index contributed by atoms with van der Waals surface area (Å²) in [6.45, 7) is 3.17. The summed E-state index contributed by atoms with van der Waals surface area (Å²) in [5.74, 6) is 0.429. The molecule has 1 aliphatic heterocycles. The Morgan fingerprint density at radius 2 is 1.89 bits per heavy atom. The van der Waals surface area contributed by atoms with Gasteiger partial charge in [0.2, 0.25) is 5.88 Å². The van der Waals surface area contributed by atoms with Crippen molar-refractivity contribution in [2.24, 2.45) is 0 Å². The van der Waals surface area contributed by atoms with E-state index in [1.807, 2.05) is 24.3 Å². The van der Waals surface area contributed by atoms with Crippen LogP contribution < -0.4 is 10.1 Å². The molecule has 2 N–H and O–H groups in total. The van der Waals surface area contributed by atoms with E-state index in [-0.39, 0.29) is 11.9 Å². The number of fused-ring (bicyclic) bond motifs is 1. The molecule has 0 unspecified atom stereocenters. The van der Waals surface area contributed by atoms with Gasteiger partial charge in [0.05, 0.1) is 11.9 Å². The summed E-state index contributed by atoms with van der Waals surface area (Å²) in [5.41, 5.74) is 1.30. The molecule has 2 amide bonds. The summed E-state index contributed by atoms with van der Waals surface area (Å²) in [6, 6.07) is 12.8. The Morgan fingerprint density at radius 3 is 2.64 bits per heavy atom. The summed E-state index contributed by atoms with van der Waals surface area (Å²) in [5, 5.41) is 10.5.